The molecule has 11 nitrogen and oxygen atoms in total. The van der Waals surface area contributed by atoms with Crippen LogP contribution in [0, 0.1) is 0 Å². The molecule has 46 heavy (non-hydrogen) atoms. The minimum Gasteiger partial charge on any atom is -0.497 e. The van der Waals surface area contributed by atoms with Gasteiger partial charge < -0.3 is 34.6 Å². The number of alkyl halides is 3. The summed E-state index contributed by atoms with van der Waals surface area (Å²) in [5, 5.41) is 12.2. The summed E-state index contributed by atoms with van der Waals surface area (Å²) in [4.78, 5) is 55.6. The number of nitrogens with one attached hydrogen (secondary N) is 1. The molecule has 0 radical (unpaired) electrons. The molecule has 14 heteroatoms. The highest BCUT2D eigenvalue weighted by molar-refractivity contribution is 6.05. The number of amides is 4. The molecule has 4 amide bonds. The van der Waals surface area contributed by atoms with Gasteiger partial charge in [-0.25, -0.2) is 4.79 Å². The van der Waals surface area contributed by atoms with E-state index in [1.807, 2.05) is 0 Å². The van der Waals surface area contributed by atoms with E-state index >= 15 is 0 Å². The molecule has 0 aromatic heterocycles. The van der Waals surface area contributed by atoms with E-state index in [-0.39, 0.29) is 49.9 Å². The lowest BCUT2D eigenvalue weighted by atomic mass is 9.90. The molecule has 1 saturated heterocycles. The van der Waals surface area contributed by atoms with Gasteiger partial charge in [-0.1, -0.05) is 19.1 Å². The summed E-state index contributed by atoms with van der Waals surface area (Å²) in [6.07, 6.45) is -5.13. The summed E-state index contributed by atoms with van der Waals surface area (Å²) in [6, 6.07) is 6.92. The number of fused-ring (bicyclic) bond motifs is 1. The number of ether oxygens (including phenoxy) is 2. The summed E-state index contributed by atoms with van der Waals surface area (Å²) in [7, 11) is 1.43. The highest BCUT2D eigenvalue weighted by Crippen LogP contribution is 2.47. The highest BCUT2D eigenvalue weighted by atomic mass is 19.4. The number of hydrogen-bond acceptors (Lipinski definition) is 6. The first-order valence-corrected chi connectivity index (χ1v) is 15.1. The lowest BCUT2D eigenvalue weighted by Crippen LogP contribution is -2.55. The van der Waals surface area contributed by atoms with Gasteiger partial charge in [-0.15, -0.1) is 0 Å². The molecule has 0 aliphatic carbocycles. The molecule has 2 atom stereocenters. The van der Waals surface area contributed by atoms with Crippen molar-refractivity contribution in [3.8, 4) is 11.5 Å². The zero-order valence-electron chi connectivity index (χ0n) is 26.4. The van der Waals surface area contributed by atoms with Gasteiger partial charge in [-0.3, -0.25) is 14.4 Å². The first kappa shape index (κ1) is 34.4. The highest BCUT2D eigenvalue weighted by Gasteiger charge is 2.49. The Morgan fingerprint density at radius 2 is 1.93 bits per heavy atom. The van der Waals surface area contributed by atoms with E-state index in [1.54, 1.807) is 45.0 Å². The average molecular weight is 649 g/mol. The summed E-state index contributed by atoms with van der Waals surface area (Å²) >= 11 is 0. The van der Waals surface area contributed by atoms with Crippen LogP contribution in [0.4, 0.5) is 23.7 Å². The van der Waals surface area contributed by atoms with Crippen LogP contribution in [0.25, 0.3) is 0 Å². The van der Waals surface area contributed by atoms with Gasteiger partial charge in [0.15, 0.2) is 0 Å². The summed E-state index contributed by atoms with van der Waals surface area (Å²) < 4.78 is 55.5. The molecule has 1 unspecified atom stereocenters. The van der Waals surface area contributed by atoms with E-state index in [4.69, 9.17) is 9.47 Å². The Morgan fingerprint density at radius 3 is 2.54 bits per heavy atom. The first-order chi connectivity index (χ1) is 21.6. The van der Waals surface area contributed by atoms with Crippen molar-refractivity contribution in [1.82, 2.24) is 15.1 Å². The monoisotopic (exact) mass is 648 g/mol. The molecule has 250 valence electrons. The normalized spacial score (nSPS) is 19.8. The van der Waals surface area contributed by atoms with Crippen molar-refractivity contribution in [1.29, 1.82) is 0 Å². The van der Waals surface area contributed by atoms with E-state index in [1.165, 1.54) is 23.8 Å². The van der Waals surface area contributed by atoms with Crippen LogP contribution in [0.3, 0.4) is 0 Å². The van der Waals surface area contributed by atoms with Crippen LogP contribution in [0.15, 0.2) is 36.4 Å². The Balaban J connectivity index is 1.86. The van der Waals surface area contributed by atoms with E-state index in [0.29, 0.717) is 24.2 Å². The topological polar surface area (TPSA) is 129 Å². The maximum Gasteiger partial charge on any atom is 0.417 e. The van der Waals surface area contributed by atoms with Crippen LogP contribution in [-0.2, 0) is 21.4 Å². The molecule has 0 spiro atoms. The largest absolute Gasteiger partial charge is 0.497 e. The number of rotatable bonds is 9. The Bertz CT molecular complexity index is 1500. The van der Waals surface area contributed by atoms with Crippen LogP contribution in [0.5, 0.6) is 11.5 Å². The van der Waals surface area contributed by atoms with E-state index in [0.717, 1.165) is 17.0 Å². The fourth-order valence-corrected chi connectivity index (χ4v) is 5.98. The van der Waals surface area contributed by atoms with Crippen LogP contribution in [-0.4, -0.2) is 84.1 Å². The Kier molecular flexibility index (Phi) is 10.1. The van der Waals surface area contributed by atoms with E-state index in [9.17, 15) is 37.5 Å². The molecule has 1 fully saturated rings. The minimum absolute atomic E-state index is 0.0123. The van der Waals surface area contributed by atoms with Crippen LogP contribution >= 0.6 is 0 Å². The molecular formula is C32H39F3N4O7. The number of carbonyl (C=O) groups is 4. The number of carboxylic acid groups (broad SMARTS) is 1. The van der Waals surface area contributed by atoms with Gasteiger partial charge in [0.25, 0.3) is 11.8 Å². The predicted octanol–water partition coefficient (Wildman–Crippen LogP) is 4.87. The van der Waals surface area contributed by atoms with Gasteiger partial charge in [0.2, 0.25) is 11.5 Å². The molecule has 2 aromatic rings. The Labute approximate surface area is 265 Å². The number of halogens is 3. The van der Waals surface area contributed by atoms with E-state index < -0.39 is 52.9 Å². The number of piperidine rings is 1. The summed E-state index contributed by atoms with van der Waals surface area (Å²) in [6.45, 7) is 6.47. The van der Waals surface area contributed by atoms with Crippen LogP contribution < -0.4 is 19.7 Å². The van der Waals surface area contributed by atoms with Crippen molar-refractivity contribution in [3.63, 3.8) is 0 Å². The van der Waals surface area contributed by atoms with Gasteiger partial charge >= 0.3 is 12.3 Å². The lowest BCUT2D eigenvalue weighted by Gasteiger charge is -2.42. The summed E-state index contributed by atoms with van der Waals surface area (Å²) in [5.41, 5.74) is -3.47. The van der Waals surface area contributed by atoms with Crippen molar-refractivity contribution in [2.24, 2.45) is 0 Å². The lowest BCUT2D eigenvalue weighted by molar-refractivity contribution is -0.138. The second-order valence-electron chi connectivity index (χ2n) is 11.7. The number of nitrogens with zero attached hydrogens (tertiary/aromatic N) is 3. The Hall–Kier alpha value is -4.49. The summed E-state index contributed by atoms with van der Waals surface area (Å²) in [5.74, 6) is -1.73. The Morgan fingerprint density at radius 1 is 1.22 bits per heavy atom. The van der Waals surface area contributed by atoms with Gasteiger partial charge in [0.1, 0.15) is 11.5 Å². The van der Waals surface area contributed by atoms with Crippen molar-refractivity contribution in [2.75, 3.05) is 38.2 Å². The van der Waals surface area contributed by atoms with Crippen molar-refractivity contribution in [3.05, 3.63) is 53.1 Å². The van der Waals surface area contributed by atoms with Gasteiger partial charge in [-0.2, -0.15) is 13.2 Å². The maximum atomic E-state index is 14.7. The quantitative estimate of drug-likeness (QED) is 0.397. The minimum atomic E-state index is -4.99. The molecule has 2 aromatic carbocycles. The van der Waals surface area contributed by atoms with Crippen molar-refractivity contribution < 1.29 is 46.9 Å². The molecular weight excluding hydrogens is 609 g/mol. The third-order valence-corrected chi connectivity index (χ3v) is 8.34. The van der Waals surface area contributed by atoms with Crippen LogP contribution in [0.1, 0.15) is 68.4 Å². The average Bonchev–Trinajstić information content (AvgIpc) is 3.01. The molecule has 2 N–H and O–H groups in total. The molecule has 2 aliphatic rings. The number of likely N-dealkylation sites (tertiary alicyclic amines) is 1. The number of anilines is 1. The fraction of sp³-hybridized carbons (Fsp3) is 0.500. The van der Waals surface area contributed by atoms with Gasteiger partial charge in [0, 0.05) is 44.2 Å². The number of hydrogen-bond donors (Lipinski definition) is 2. The second kappa shape index (κ2) is 13.5. The van der Waals surface area contributed by atoms with E-state index in [2.05, 4.69) is 5.32 Å². The predicted molar refractivity (Wildman–Crippen MR) is 162 cm³/mol. The molecule has 4 rings (SSSR count). The fourth-order valence-electron chi connectivity index (χ4n) is 5.98. The zero-order chi connectivity index (χ0) is 34.0. The molecule has 0 bridgehead atoms. The number of carbonyl (C=O) groups excluding carboxylic acids is 3. The van der Waals surface area contributed by atoms with Gasteiger partial charge in [-0.05, 0) is 57.9 Å². The molecule has 0 saturated carbocycles. The van der Waals surface area contributed by atoms with Crippen molar-refractivity contribution >= 4 is 29.5 Å². The second-order valence-corrected chi connectivity index (χ2v) is 11.7. The number of methoxy groups -OCH3 is 1. The third kappa shape index (κ3) is 6.85. The first-order valence-electron chi connectivity index (χ1n) is 15.1. The van der Waals surface area contributed by atoms with Crippen LogP contribution in [0.2, 0.25) is 0 Å². The smallest absolute Gasteiger partial charge is 0.417 e. The maximum absolute atomic E-state index is 14.7. The van der Waals surface area contributed by atoms with Gasteiger partial charge in [0.05, 0.1) is 30.0 Å². The third-order valence-electron chi connectivity index (χ3n) is 8.34. The zero-order valence-corrected chi connectivity index (χ0v) is 26.4. The number of benzene rings is 2. The molecule has 2 heterocycles. The molecule has 2 aliphatic heterocycles. The van der Waals surface area contributed by atoms with Crippen molar-refractivity contribution in [2.45, 2.75) is 70.8 Å². The SMILES string of the molecule is CCC(=O)NCCN1C(=O)C(C)(c2cccc(OC)c2)Oc2cc(C(F)(F)F)c(C(=O)N(C(C)C)[C@@H]3CCCN(C(=O)O)C3)cc21. The standard InChI is InChI=1S/C32H39F3N4O7/c1-6-27(40)36-12-14-38-25-16-23(28(41)39(19(2)3)21-10-8-13-37(18-21)30(43)44)24(32(33,34)35)17-26(25)46-31(4,29(38)42)20-9-7-11-22(15-20)45-5/h7,9,11,15-17,19,21H,6,8,10,12-14,18H2,1-5H3,(H,36,40)(H,43,44)/t21-,31?/m1/s1.